The molecule has 0 aliphatic heterocycles. The van der Waals surface area contributed by atoms with Gasteiger partial charge in [-0.1, -0.05) is 6.07 Å². The Morgan fingerprint density at radius 3 is 2.57 bits per heavy atom. The molecule has 0 aliphatic carbocycles. The summed E-state index contributed by atoms with van der Waals surface area (Å²) in [5, 5.41) is 19.3. The van der Waals surface area contributed by atoms with Gasteiger partial charge in [-0.05, 0) is 35.9 Å². The van der Waals surface area contributed by atoms with Crippen molar-refractivity contribution in [2.45, 2.75) is 6.61 Å². The first-order valence-corrected chi connectivity index (χ1v) is 6.01. The number of nitriles is 1. The molecule has 2 aromatic rings. The van der Waals surface area contributed by atoms with Gasteiger partial charge in [0, 0.05) is 12.1 Å². The van der Waals surface area contributed by atoms with Gasteiger partial charge in [-0.2, -0.15) is 5.26 Å². The van der Waals surface area contributed by atoms with Crippen LogP contribution in [0.2, 0.25) is 0 Å². The first-order valence-electron chi connectivity index (χ1n) is 6.01. The first-order chi connectivity index (χ1) is 10.1. The third kappa shape index (κ3) is 3.64. The predicted octanol–water partition coefficient (Wildman–Crippen LogP) is 2.82. The van der Waals surface area contributed by atoms with Gasteiger partial charge in [0.25, 0.3) is 5.69 Å². The third-order valence-electron chi connectivity index (χ3n) is 2.74. The topological polar surface area (TPSA) is 93.2 Å². The van der Waals surface area contributed by atoms with Crippen LogP contribution in [0.15, 0.2) is 48.5 Å². The average Bonchev–Trinajstić information content (AvgIpc) is 2.53. The minimum Gasteiger partial charge on any atom is -0.457 e. The molecule has 0 aliphatic rings. The summed E-state index contributed by atoms with van der Waals surface area (Å²) in [4.78, 5) is 21.8. The summed E-state index contributed by atoms with van der Waals surface area (Å²) in [5.74, 6) is -0.551. The Balaban J connectivity index is 2.00. The zero-order valence-electron chi connectivity index (χ0n) is 10.9. The molecular formula is C15H10N2O4. The number of nitro benzene ring substituents is 1. The number of benzene rings is 2. The van der Waals surface area contributed by atoms with Crippen LogP contribution in [0.5, 0.6) is 0 Å². The van der Waals surface area contributed by atoms with Crippen LogP contribution in [0.25, 0.3) is 0 Å². The van der Waals surface area contributed by atoms with Crippen molar-refractivity contribution >= 4 is 11.7 Å². The highest BCUT2D eigenvalue weighted by atomic mass is 16.6. The molecule has 0 N–H and O–H groups in total. The zero-order valence-corrected chi connectivity index (χ0v) is 10.9. The van der Waals surface area contributed by atoms with Gasteiger partial charge in [0.2, 0.25) is 0 Å². The standard InChI is InChI=1S/C15H10N2O4/c16-9-12-2-1-3-13(8-12)15(18)21-10-11-4-6-14(7-5-11)17(19)20/h1-8H,10H2. The van der Waals surface area contributed by atoms with Gasteiger partial charge in [0.05, 0.1) is 22.1 Å². The van der Waals surface area contributed by atoms with Gasteiger partial charge in [0.1, 0.15) is 6.61 Å². The van der Waals surface area contributed by atoms with Crippen LogP contribution in [0.4, 0.5) is 5.69 Å². The van der Waals surface area contributed by atoms with Crippen LogP contribution in [0.1, 0.15) is 21.5 Å². The van der Waals surface area contributed by atoms with E-state index in [4.69, 9.17) is 10.00 Å². The Hall–Kier alpha value is -3.20. The van der Waals surface area contributed by atoms with Crippen LogP contribution in [-0.2, 0) is 11.3 Å². The number of nitro groups is 1. The van der Waals surface area contributed by atoms with E-state index in [9.17, 15) is 14.9 Å². The van der Waals surface area contributed by atoms with Crippen molar-refractivity contribution in [1.82, 2.24) is 0 Å². The molecule has 21 heavy (non-hydrogen) atoms. The van der Waals surface area contributed by atoms with E-state index in [1.54, 1.807) is 18.2 Å². The largest absolute Gasteiger partial charge is 0.457 e. The number of hydrogen-bond acceptors (Lipinski definition) is 5. The Labute approximate surface area is 120 Å². The normalized spacial score (nSPS) is 9.67. The molecule has 0 fully saturated rings. The summed E-state index contributed by atoms with van der Waals surface area (Å²) in [5.41, 5.74) is 1.29. The molecule has 0 unspecified atom stereocenters. The van der Waals surface area contributed by atoms with E-state index in [1.807, 2.05) is 6.07 Å². The zero-order chi connectivity index (χ0) is 15.2. The number of esters is 1. The average molecular weight is 282 g/mol. The number of rotatable bonds is 4. The van der Waals surface area contributed by atoms with Crippen LogP contribution in [0, 0.1) is 21.4 Å². The fourth-order valence-electron chi connectivity index (χ4n) is 1.66. The fourth-order valence-corrected chi connectivity index (χ4v) is 1.66. The minimum atomic E-state index is -0.551. The molecule has 0 bridgehead atoms. The van der Waals surface area contributed by atoms with E-state index in [0.29, 0.717) is 11.1 Å². The summed E-state index contributed by atoms with van der Waals surface area (Å²) in [7, 11) is 0. The van der Waals surface area contributed by atoms with Crippen molar-refractivity contribution < 1.29 is 14.5 Å². The molecule has 0 heterocycles. The lowest BCUT2D eigenvalue weighted by atomic mass is 10.1. The highest BCUT2D eigenvalue weighted by Gasteiger charge is 2.09. The molecule has 6 nitrogen and oxygen atoms in total. The van der Waals surface area contributed by atoms with Crippen molar-refractivity contribution in [3.63, 3.8) is 0 Å². The Kier molecular flexibility index (Phi) is 4.26. The van der Waals surface area contributed by atoms with Crippen LogP contribution >= 0.6 is 0 Å². The molecule has 0 saturated carbocycles. The van der Waals surface area contributed by atoms with E-state index in [0.717, 1.165) is 0 Å². The molecular weight excluding hydrogens is 272 g/mol. The van der Waals surface area contributed by atoms with Gasteiger partial charge in [-0.3, -0.25) is 10.1 Å². The van der Waals surface area contributed by atoms with Crippen LogP contribution < -0.4 is 0 Å². The lowest BCUT2D eigenvalue weighted by Crippen LogP contribution is -2.05. The molecule has 104 valence electrons. The van der Waals surface area contributed by atoms with Crippen LogP contribution in [0.3, 0.4) is 0 Å². The SMILES string of the molecule is N#Cc1cccc(C(=O)OCc2ccc([N+](=O)[O-])cc2)c1. The molecule has 2 rings (SSSR count). The maximum Gasteiger partial charge on any atom is 0.338 e. The van der Waals surface area contributed by atoms with E-state index in [-0.39, 0.29) is 17.9 Å². The molecule has 0 saturated heterocycles. The quantitative estimate of drug-likeness (QED) is 0.488. The molecule has 0 spiro atoms. The summed E-state index contributed by atoms with van der Waals surface area (Å²) < 4.78 is 5.10. The molecule has 2 aromatic carbocycles. The highest BCUT2D eigenvalue weighted by molar-refractivity contribution is 5.89. The molecule has 0 amide bonds. The van der Waals surface area contributed by atoms with Crippen molar-refractivity contribution in [3.05, 3.63) is 75.3 Å². The molecule has 6 heteroatoms. The van der Waals surface area contributed by atoms with Crippen molar-refractivity contribution in [2.75, 3.05) is 0 Å². The second kappa shape index (κ2) is 6.30. The highest BCUT2D eigenvalue weighted by Crippen LogP contribution is 2.13. The number of carbonyl (C=O) groups excluding carboxylic acids is 1. The van der Waals surface area contributed by atoms with E-state index in [2.05, 4.69) is 0 Å². The molecule has 0 radical (unpaired) electrons. The fraction of sp³-hybridized carbons (Fsp3) is 0.0667. The van der Waals surface area contributed by atoms with Gasteiger partial charge in [-0.25, -0.2) is 4.79 Å². The first kappa shape index (κ1) is 14.2. The van der Waals surface area contributed by atoms with E-state index >= 15 is 0 Å². The minimum absolute atomic E-state index is 0.00755. The molecule has 0 atom stereocenters. The molecule has 0 aromatic heterocycles. The summed E-state index contributed by atoms with van der Waals surface area (Å²) in [6.07, 6.45) is 0. The second-order valence-corrected chi connectivity index (χ2v) is 4.19. The van der Waals surface area contributed by atoms with E-state index in [1.165, 1.54) is 30.3 Å². The number of nitrogens with zero attached hydrogens (tertiary/aromatic N) is 2. The Morgan fingerprint density at radius 2 is 1.95 bits per heavy atom. The van der Waals surface area contributed by atoms with Gasteiger partial charge in [-0.15, -0.1) is 0 Å². The third-order valence-corrected chi connectivity index (χ3v) is 2.74. The maximum absolute atomic E-state index is 11.8. The van der Waals surface area contributed by atoms with E-state index < -0.39 is 10.9 Å². The second-order valence-electron chi connectivity index (χ2n) is 4.19. The number of non-ortho nitro benzene ring substituents is 1. The lowest BCUT2D eigenvalue weighted by molar-refractivity contribution is -0.384. The lowest BCUT2D eigenvalue weighted by Gasteiger charge is -2.05. The monoisotopic (exact) mass is 282 g/mol. The number of carbonyl (C=O) groups is 1. The van der Waals surface area contributed by atoms with Crippen molar-refractivity contribution in [1.29, 1.82) is 5.26 Å². The summed E-state index contributed by atoms with van der Waals surface area (Å²) in [6, 6.07) is 13.9. The summed E-state index contributed by atoms with van der Waals surface area (Å²) in [6.45, 7) is 0.00755. The maximum atomic E-state index is 11.8. The van der Waals surface area contributed by atoms with Crippen molar-refractivity contribution in [2.24, 2.45) is 0 Å². The Bertz CT molecular complexity index is 717. The van der Waals surface area contributed by atoms with Crippen molar-refractivity contribution in [3.8, 4) is 6.07 Å². The summed E-state index contributed by atoms with van der Waals surface area (Å²) >= 11 is 0. The number of ether oxygens (including phenoxy) is 1. The van der Waals surface area contributed by atoms with Crippen LogP contribution in [-0.4, -0.2) is 10.9 Å². The smallest absolute Gasteiger partial charge is 0.338 e. The number of hydrogen-bond donors (Lipinski definition) is 0. The van der Waals surface area contributed by atoms with Gasteiger partial charge >= 0.3 is 5.97 Å². The van der Waals surface area contributed by atoms with Gasteiger partial charge < -0.3 is 4.74 Å². The Morgan fingerprint density at radius 1 is 1.24 bits per heavy atom. The predicted molar refractivity (Wildman–Crippen MR) is 73.4 cm³/mol. The van der Waals surface area contributed by atoms with Gasteiger partial charge in [0.15, 0.2) is 0 Å².